The topological polar surface area (TPSA) is 82.9 Å². The highest BCUT2D eigenvalue weighted by Gasteiger charge is 2.32. The molecule has 0 spiro atoms. The van der Waals surface area contributed by atoms with Gasteiger partial charge in [-0.05, 0) is 40.2 Å². The molecule has 0 aromatic carbocycles. The van der Waals surface area contributed by atoms with Crippen molar-refractivity contribution in [1.29, 1.82) is 0 Å². The summed E-state index contributed by atoms with van der Waals surface area (Å²) in [5.41, 5.74) is 2.12. The molecular weight excluding hydrogens is 475 g/mol. The summed E-state index contributed by atoms with van der Waals surface area (Å²) in [6, 6.07) is 0.754. The van der Waals surface area contributed by atoms with Gasteiger partial charge in [0.05, 0.1) is 5.56 Å². The first-order valence-electron chi connectivity index (χ1n) is 10.6. The molecule has 34 heavy (non-hydrogen) atoms. The van der Waals surface area contributed by atoms with Crippen LogP contribution in [0.5, 0.6) is 11.6 Å². The number of aryl methyl sites for hydroxylation is 2. The number of rotatable bonds is 9. The monoisotopic (exact) mass is 501 g/mol. The Hall–Kier alpha value is -2.88. The molecule has 0 saturated carbocycles. The van der Waals surface area contributed by atoms with Crippen LogP contribution in [0.3, 0.4) is 0 Å². The van der Waals surface area contributed by atoms with Gasteiger partial charge in [-0.2, -0.15) is 13.2 Å². The Morgan fingerprint density at radius 3 is 2.50 bits per heavy atom. The molecule has 0 aliphatic carbocycles. The number of esters is 1. The van der Waals surface area contributed by atoms with E-state index in [1.807, 2.05) is 20.8 Å². The highest BCUT2D eigenvalue weighted by molar-refractivity contribution is 6.31. The number of alkyl halides is 3. The number of halogens is 4. The van der Waals surface area contributed by atoms with Gasteiger partial charge < -0.3 is 14.3 Å². The van der Waals surface area contributed by atoms with Crippen LogP contribution in [-0.2, 0) is 28.7 Å². The third kappa shape index (κ3) is 7.06. The van der Waals surface area contributed by atoms with Crippen molar-refractivity contribution in [3.8, 4) is 11.6 Å². The number of aromatic nitrogens is 2. The van der Waals surface area contributed by atoms with E-state index in [0.29, 0.717) is 24.8 Å². The van der Waals surface area contributed by atoms with Crippen molar-refractivity contribution in [2.45, 2.75) is 72.8 Å². The molecule has 0 aliphatic rings. The molecule has 0 bridgehead atoms. The van der Waals surface area contributed by atoms with Crippen LogP contribution in [0.15, 0.2) is 17.4 Å². The van der Waals surface area contributed by atoms with Gasteiger partial charge in [0, 0.05) is 48.3 Å². The fourth-order valence-electron chi connectivity index (χ4n) is 2.95. The second-order valence-corrected chi connectivity index (χ2v) is 8.07. The van der Waals surface area contributed by atoms with Crippen LogP contribution in [0.4, 0.5) is 13.2 Å². The summed E-state index contributed by atoms with van der Waals surface area (Å²) in [7, 11) is 0. The zero-order chi connectivity index (χ0) is 25.6. The van der Waals surface area contributed by atoms with Crippen LogP contribution in [0.1, 0.15) is 55.8 Å². The molecule has 11 heteroatoms. The smallest absolute Gasteiger partial charge is 0.417 e. The first-order chi connectivity index (χ1) is 15.8. The van der Waals surface area contributed by atoms with Crippen molar-refractivity contribution in [1.82, 2.24) is 9.97 Å². The molecule has 2 aromatic heterocycles. The van der Waals surface area contributed by atoms with E-state index in [-0.39, 0.29) is 10.9 Å². The Labute approximate surface area is 201 Å². The zero-order valence-electron chi connectivity index (χ0n) is 19.8. The third-order valence-corrected chi connectivity index (χ3v) is 5.35. The quantitative estimate of drug-likeness (QED) is 0.251. The number of carbonyl (C=O) groups is 1. The molecule has 0 saturated heterocycles. The fraction of sp³-hybridized carbons (Fsp3) is 0.478. The van der Waals surface area contributed by atoms with Gasteiger partial charge in [0.15, 0.2) is 6.10 Å². The lowest BCUT2D eigenvalue weighted by Gasteiger charge is -2.20. The maximum atomic E-state index is 12.8. The van der Waals surface area contributed by atoms with Crippen molar-refractivity contribution in [3.05, 3.63) is 45.4 Å². The lowest BCUT2D eigenvalue weighted by atomic mass is 10.0. The molecule has 0 radical (unpaired) electrons. The van der Waals surface area contributed by atoms with E-state index in [9.17, 15) is 18.0 Å². The van der Waals surface area contributed by atoms with Crippen molar-refractivity contribution < 1.29 is 32.3 Å². The van der Waals surface area contributed by atoms with E-state index in [2.05, 4.69) is 15.1 Å². The molecule has 186 valence electrons. The predicted octanol–water partition coefficient (Wildman–Crippen LogP) is 5.65. The van der Waals surface area contributed by atoms with E-state index < -0.39 is 29.9 Å². The number of oxime groups is 1. The Morgan fingerprint density at radius 2 is 1.94 bits per heavy atom. The number of ether oxygens (including phenoxy) is 2. The van der Waals surface area contributed by atoms with Crippen LogP contribution in [0, 0.1) is 13.8 Å². The molecular formula is C23H27ClF3N3O4. The lowest BCUT2D eigenvalue weighted by molar-refractivity contribution is -0.138. The minimum atomic E-state index is -4.55. The summed E-state index contributed by atoms with van der Waals surface area (Å²) in [6.07, 6.45) is -2.62. The molecule has 2 rings (SSSR count). The molecule has 2 atom stereocenters. The Morgan fingerprint density at radius 1 is 1.26 bits per heavy atom. The van der Waals surface area contributed by atoms with E-state index in [4.69, 9.17) is 25.9 Å². The molecule has 0 amide bonds. The largest absolute Gasteiger partial charge is 0.470 e. The third-order valence-electron chi connectivity index (χ3n) is 5.08. The maximum absolute atomic E-state index is 12.8. The highest BCUT2D eigenvalue weighted by atomic mass is 35.5. The molecule has 2 heterocycles. The van der Waals surface area contributed by atoms with Crippen LogP contribution >= 0.6 is 11.6 Å². The number of carbonyl (C=O) groups excluding carboxylic acids is 1. The van der Waals surface area contributed by atoms with Gasteiger partial charge in [0.25, 0.3) is 0 Å². The van der Waals surface area contributed by atoms with E-state index in [0.717, 1.165) is 28.6 Å². The lowest BCUT2D eigenvalue weighted by Crippen LogP contribution is -2.28. The summed E-state index contributed by atoms with van der Waals surface area (Å²) < 4.78 is 49.2. The highest BCUT2D eigenvalue weighted by Crippen LogP contribution is 2.33. The maximum Gasteiger partial charge on any atom is 0.417 e. The Bertz CT molecular complexity index is 1060. The average molecular weight is 502 g/mol. The van der Waals surface area contributed by atoms with E-state index >= 15 is 0 Å². The minimum Gasteiger partial charge on any atom is -0.470 e. The summed E-state index contributed by atoms with van der Waals surface area (Å²) in [6.45, 7) is 10.3. The van der Waals surface area contributed by atoms with Crippen molar-refractivity contribution in [2.24, 2.45) is 5.16 Å². The van der Waals surface area contributed by atoms with E-state index in [1.54, 1.807) is 13.8 Å². The van der Waals surface area contributed by atoms with Gasteiger partial charge in [-0.15, -0.1) is 0 Å². The summed E-state index contributed by atoms with van der Waals surface area (Å²) in [5.74, 6) is -0.0993. The van der Waals surface area contributed by atoms with Gasteiger partial charge in [0.2, 0.25) is 5.88 Å². The van der Waals surface area contributed by atoms with Gasteiger partial charge >= 0.3 is 12.1 Å². The Kier molecular flexibility index (Phi) is 9.26. The summed E-state index contributed by atoms with van der Waals surface area (Å²) in [5, 5.41) is 3.71. The molecule has 2 unspecified atom stereocenters. The predicted molar refractivity (Wildman–Crippen MR) is 121 cm³/mol. The number of pyridine rings is 2. The Balaban J connectivity index is 2.06. The summed E-state index contributed by atoms with van der Waals surface area (Å²) >= 11 is 5.88. The first kappa shape index (κ1) is 27.4. The van der Waals surface area contributed by atoms with Gasteiger partial charge in [0.1, 0.15) is 16.9 Å². The van der Waals surface area contributed by atoms with E-state index in [1.165, 1.54) is 13.1 Å². The van der Waals surface area contributed by atoms with Crippen LogP contribution < -0.4 is 9.47 Å². The van der Waals surface area contributed by atoms with Crippen LogP contribution in [0.25, 0.3) is 0 Å². The molecule has 2 aromatic rings. The zero-order valence-corrected chi connectivity index (χ0v) is 20.5. The SMILES string of the molecule is CCc1nc(C)c(C)c(OC(C)=O)c1CC=NOC(C)C(C)Oc1ncc(C(F)(F)F)cc1Cl. The average Bonchev–Trinajstić information content (AvgIpc) is 2.75. The second kappa shape index (κ2) is 11.5. The van der Waals surface area contributed by atoms with Crippen molar-refractivity contribution in [2.75, 3.05) is 0 Å². The number of hydrogen-bond acceptors (Lipinski definition) is 7. The number of nitrogens with zero attached hydrogens (tertiary/aromatic N) is 3. The molecule has 7 nitrogen and oxygen atoms in total. The summed E-state index contributed by atoms with van der Waals surface area (Å²) in [4.78, 5) is 25.2. The second-order valence-electron chi connectivity index (χ2n) is 7.66. The normalized spacial score (nSPS) is 13.6. The molecule has 0 fully saturated rings. The van der Waals surface area contributed by atoms with Crippen molar-refractivity contribution >= 4 is 23.8 Å². The molecule has 0 aliphatic heterocycles. The standard InChI is InChI=1S/C23H27ClF3N3O4/c1-7-20-18(21(33-16(6)31)12(2)13(3)30-20)8-9-29-34-15(5)14(4)32-22-19(24)10-17(11-28-22)23(25,26)27/h9-11,14-15H,7-8H2,1-6H3. The van der Waals surface area contributed by atoms with Crippen LogP contribution in [0.2, 0.25) is 5.02 Å². The number of hydrogen-bond donors (Lipinski definition) is 0. The van der Waals surface area contributed by atoms with Gasteiger partial charge in [-0.25, -0.2) is 4.98 Å². The van der Waals surface area contributed by atoms with Gasteiger partial charge in [-0.3, -0.25) is 9.78 Å². The fourth-order valence-corrected chi connectivity index (χ4v) is 3.16. The minimum absolute atomic E-state index is 0.138. The van der Waals surface area contributed by atoms with Gasteiger partial charge in [-0.1, -0.05) is 23.7 Å². The van der Waals surface area contributed by atoms with Crippen LogP contribution in [-0.4, -0.2) is 34.4 Å². The van der Waals surface area contributed by atoms with Crippen molar-refractivity contribution in [3.63, 3.8) is 0 Å². The first-order valence-corrected chi connectivity index (χ1v) is 11.0. The molecule has 0 N–H and O–H groups in total.